The molecule has 2 aromatic rings. The van der Waals surface area contributed by atoms with Gasteiger partial charge in [0.15, 0.2) is 0 Å². The van der Waals surface area contributed by atoms with Crippen LogP contribution >= 0.6 is 22.9 Å². The van der Waals surface area contributed by atoms with Crippen LogP contribution in [0.3, 0.4) is 0 Å². The number of anilines is 1. The molecule has 1 aromatic heterocycles. The van der Waals surface area contributed by atoms with Gasteiger partial charge in [-0.25, -0.2) is 4.79 Å². The van der Waals surface area contributed by atoms with E-state index >= 15 is 0 Å². The number of esters is 1. The third-order valence-corrected chi connectivity index (χ3v) is 5.50. The maximum absolute atomic E-state index is 12.8. The molecule has 6 heteroatoms. The van der Waals surface area contributed by atoms with Crippen LogP contribution in [0.25, 0.3) is 0 Å². The van der Waals surface area contributed by atoms with Gasteiger partial charge in [0.1, 0.15) is 4.88 Å². The number of carbonyl (C=O) groups excluding carboxylic acids is 2. The zero-order valence-corrected chi connectivity index (χ0v) is 14.2. The summed E-state index contributed by atoms with van der Waals surface area (Å²) in [6.45, 7) is 0. The third kappa shape index (κ3) is 2.99. The molecule has 0 saturated heterocycles. The van der Waals surface area contributed by atoms with Crippen molar-refractivity contribution in [1.82, 2.24) is 0 Å². The second kappa shape index (κ2) is 6.34. The van der Waals surface area contributed by atoms with Crippen molar-refractivity contribution in [2.45, 2.75) is 24.7 Å². The van der Waals surface area contributed by atoms with E-state index in [9.17, 15) is 9.59 Å². The number of hydrogen-bond acceptors (Lipinski definition) is 4. The summed E-state index contributed by atoms with van der Waals surface area (Å²) >= 11 is 7.15. The number of halogens is 1. The molecule has 1 aliphatic carbocycles. The lowest BCUT2D eigenvalue weighted by atomic mass is 9.64. The van der Waals surface area contributed by atoms with Gasteiger partial charge in [0.2, 0.25) is 5.91 Å². The molecule has 1 amide bonds. The molecule has 1 saturated carbocycles. The van der Waals surface area contributed by atoms with Crippen molar-refractivity contribution in [2.24, 2.45) is 0 Å². The molecule has 1 aromatic carbocycles. The average molecular weight is 350 g/mol. The molecule has 1 aliphatic rings. The van der Waals surface area contributed by atoms with Gasteiger partial charge < -0.3 is 10.1 Å². The van der Waals surface area contributed by atoms with Crippen molar-refractivity contribution in [3.05, 3.63) is 51.9 Å². The Morgan fingerprint density at radius 1 is 1.17 bits per heavy atom. The first-order valence-corrected chi connectivity index (χ1v) is 8.50. The number of rotatable bonds is 4. The van der Waals surface area contributed by atoms with E-state index in [4.69, 9.17) is 11.6 Å². The predicted octanol–water partition coefficient (Wildman–Crippen LogP) is 4.25. The highest BCUT2D eigenvalue weighted by atomic mass is 35.5. The van der Waals surface area contributed by atoms with E-state index in [0.717, 1.165) is 24.8 Å². The van der Waals surface area contributed by atoms with Gasteiger partial charge in [-0.3, -0.25) is 4.79 Å². The molecule has 120 valence electrons. The van der Waals surface area contributed by atoms with Crippen molar-refractivity contribution < 1.29 is 14.3 Å². The molecule has 0 spiro atoms. The van der Waals surface area contributed by atoms with Crippen LogP contribution in [0.4, 0.5) is 5.00 Å². The van der Waals surface area contributed by atoms with Gasteiger partial charge in [0.05, 0.1) is 17.5 Å². The molecule has 4 nitrogen and oxygen atoms in total. The molecule has 1 heterocycles. The molecule has 23 heavy (non-hydrogen) atoms. The summed E-state index contributed by atoms with van der Waals surface area (Å²) in [6, 6.07) is 10.8. The summed E-state index contributed by atoms with van der Waals surface area (Å²) in [5, 5.41) is 4.24. The number of carbonyl (C=O) groups is 2. The molecule has 0 atom stereocenters. The number of benzene rings is 1. The molecule has 0 bridgehead atoms. The second-order valence-electron chi connectivity index (χ2n) is 5.55. The summed E-state index contributed by atoms with van der Waals surface area (Å²) in [6.07, 6.45) is 2.65. The molecular formula is C17H16ClNO3S. The molecule has 0 radical (unpaired) electrons. The quantitative estimate of drug-likeness (QED) is 0.839. The summed E-state index contributed by atoms with van der Waals surface area (Å²) in [5.74, 6) is -0.434. The van der Waals surface area contributed by atoms with E-state index in [1.54, 1.807) is 12.1 Å². The predicted molar refractivity (Wildman–Crippen MR) is 91.3 cm³/mol. The monoisotopic (exact) mass is 349 g/mol. The van der Waals surface area contributed by atoms with Crippen LogP contribution in [-0.4, -0.2) is 19.0 Å². The van der Waals surface area contributed by atoms with Gasteiger partial charge in [-0.2, -0.15) is 0 Å². The van der Waals surface area contributed by atoms with Crippen LogP contribution in [0.5, 0.6) is 0 Å². The fraction of sp³-hybridized carbons (Fsp3) is 0.294. The van der Waals surface area contributed by atoms with E-state index in [-0.39, 0.29) is 5.91 Å². The maximum atomic E-state index is 12.8. The van der Waals surface area contributed by atoms with Gasteiger partial charge in [0, 0.05) is 5.02 Å². The highest BCUT2D eigenvalue weighted by Crippen LogP contribution is 2.45. The topological polar surface area (TPSA) is 55.4 Å². The van der Waals surface area contributed by atoms with Crippen LogP contribution in [-0.2, 0) is 14.9 Å². The highest BCUT2D eigenvalue weighted by molar-refractivity contribution is 7.18. The largest absolute Gasteiger partial charge is 0.465 e. The number of methoxy groups -OCH3 is 1. The van der Waals surface area contributed by atoms with Crippen LogP contribution in [0.1, 0.15) is 34.5 Å². The van der Waals surface area contributed by atoms with Gasteiger partial charge in [0.25, 0.3) is 0 Å². The second-order valence-corrected chi connectivity index (χ2v) is 7.07. The Labute approximate surface area is 143 Å². The Morgan fingerprint density at radius 3 is 2.43 bits per heavy atom. The Kier molecular flexibility index (Phi) is 4.41. The van der Waals surface area contributed by atoms with Crippen LogP contribution in [0, 0.1) is 0 Å². The number of nitrogens with one attached hydrogen (secondary N) is 1. The number of ether oxygens (including phenoxy) is 1. The Balaban J connectivity index is 1.79. The average Bonchev–Trinajstić information content (AvgIpc) is 2.95. The highest BCUT2D eigenvalue weighted by Gasteiger charge is 2.45. The minimum Gasteiger partial charge on any atom is -0.465 e. The lowest BCUT2D eigenvalue weighted by Gasteiger charge is -2.40. The third-order valence-electron chi connectivity index (χ3n) is 4.27. The van der Waals surface area contributed by atoms with Gasteiger partial charge in [-0.15, -0.1) is 11.3 Å². The van der Waals surface area contributed by atoms with Gasteiger partial charge in [-0.1, -0.05) is 30.2 Å². The SMILES string of the molecule is COC(=O)c1ccc(NC(=O)C2(c3ccc(Cl)cc3)CCC2)s1. The molecule has 1 fully saturated rings. The summed E-state index contributed by atoms with van der Waals surface area (Å²) in [4.78, 5) is 24.8. The van der Waals surface area contributed by atoms with Crippen molar-refractivity contribution >= 4 is 39.8 Å². The fourth-order valence-electron chi connectivity index (χ4n) is 2.79. The van der Waals surface area contributed by atoms with E-state index in [1.807, 2.05) is 24.3 Å². The molecular weight excluding hydrogens is 334 g/mol. The summed E-state index contributed by atoms with van der Waals surface area (Å²) in [5.41, 5.74) is 0.482. The van der Waals surface area contributed by atoms with Crippen LogP contribution in [0.2, 0.25) is 5.02 Å². The smallest absolute Gasteiger partial charge is 0.348 e. The Bertz CT molecular complexity index is 735. The molecule has 0 aliphatic heterocycles. The summed E-state index contributed by atoms with van der Waals surface area (Å²) in [7, 11) is 1.34. The van der Waals surface area contributed by atoms with Crippen molar-refractivity contribution in [3.8, 4) is 0 Å². The molecule has 0 unspecified atom stereocenters. The Hall–Kier alpha value is -1.85. The van der Waals surface area contributed by atoms with E-state index in [2.05, 4.69) is 10.1 Å². The van der Waals surface area contributed by atoms with E-state index in [1.165, 1.54) is 18.4 Å². The van der Waals surface area contributed by atoms with E-state index in [0.29, 0.717) is 14.9 Å². The van der Waals surface area contributed by atoms with Crippen LogP contribution in [0.15, 0.2) is 36.4 Å². The van der Waals surface area contributed by atoms with Crippen molar-refractivity contribution in [1.29, 1.82) is 0 Å². The number of hydrogen-bond donors (Lipinski definition) is 1. The fourth-order valence-corrected chi connectivity index (χ4v) is 3.74. The van der Waals surface area contributed by atoms with Crippen molar-refractivity contribution in [3.63, 3.8) is 0 Å². The Morgan fingerprint density at radius 2 is 1.87 bits per heavy atom. The van der Waals surface area contributed by atoms with Crippen LogP contribution < -0.4 is 5.32 Å². The first-order valence-electron chi connectivity index (χ1n) is 7.31. The molecule has 1 N–H and O–H groups in total. The zero-order valence-electron chi connectivity index (χ0n) is 12.6. The zero-order chi connectivity index (χ0) is 16.4. The standard InChI is InChI=1S/C17H16ClNO3S/c1-22-15(20)13-7-8-14(23-13)19-16(21)17(9-2-10-17)11-3-5-12(18)6-4-11/h3-8H,2,9-10H2,1H3,(H,19,21). The minimum absolute atomic E-state index is 0.0376. The minimum atomic E-state index is -0.500. The lowest BCUT2D eigenvalue weighted by molar-refractivity contribution is -0.124. The van der Waals surface area contributed by atoms with Crippen molar-refractivity contribution in [2.75, 3.05) is 12.4 Å². The normalized spacial score (nSPS) is 15.6. The molecule has 3 rings (SSSR count). The first-order chi connectivity index (χ1) is 11.0. The summed E-state index contributed by atoms with van der Waals surface area (Å²) < 4.78 is 4.68. The first kappa shape index (κ1) is 16.0. The number of amides is 1. The van der Waals surface area contributed by atoms with E-state index < -0.39 is 11.4 Å². The lowest BCUT2D eigenvalue weighted by Crippen LogP contribution is -2.45. The van der Waals surface area contributed by atoms with Gasteiger partial charge in [-0.05, 0) is 42.7 Å². The van der Waals surface area contributed by atoms with Gasteiger partial charge >= 0.3 is 5.97 Å². The maximum Gasteiger partial charge on any atom is 0.348 e. The number of thiophene rings is 1.